The highest BCUT2D eigenvalue weighted by Gasteiger charge is 1.98. The van der Waals surface area contributed by atoms with Crippen LogP contribution in [0, 0.1) is 0 Å². The van der Waals surface area contributed by atoms with Crippen molar-refractivity contribution < 1.29 is 0 Å². The van der Waals surface area contributed by atoms with Crippen LogP contribution in [0.2, 0.25) is 0 Å². The van der Waals surface area contributed by atoms with Crippen molar-refractivity contribution in [2.24, 2.45) is 0 Å². The lowest BCUT2D eigenvalue weighted by Crippen LogP contribution is -2.38. The largest absolute Gasteiger partial charge is 0.326 e. The maximum atomic E-state index is 3.31. The normalized spacial score (nSPS) is 15.4. The van der Waals surface area contributed by atoms with E-state index >= 15 is 0 Å². The Morgan fingerprint density at radius 1 is 1.12 bits per heavy atom. The lowest BCUT2D eigenvalue weighted by Gasteiger charge is -2.15. The van der Waals surface area contributed by atoms with Gasteiger partial charge in [-0.1, -0.05) is 43.7 Å². The van der Waals surface area contributed by atoms with E-state index in [9.17, 15) is 0 Å². The lowest BCUT2D eigenvalue weighted by atomic mass is 10.1. The molecule has 0 aliphatic rings. The first-order valence-corrected chi connectivity index (χ1v) is 6.66. The topological polar surface area (TPSA) is 24.1 Å². The molecule has 0 aliphatic carbocycles. The summed E-state index contributed by atoms with van der Waals surface area (Å²) in [5.74, 6) is 0. The average molecular weight is 236 g/mol. The minimum atomic E-state index is 0.433. The zero-order valence-corrected chi connectivity index (χ0v) is 12.0. The van der Waals surface area contributed by atoms with Gasteiger partial charge in [0.25, 0.3) is 0 Å². The summed E-state index contributed by atoms with van der Waals surface area (Å²) in [6.45, 7) is 10.7. The van der Waals surface area contributed by atoms with Crippen LogP contribution in [-0.4, -0.2) is 6.04 Å². The van der Waals surface area contributed by atoms with Crippen LogP contribution < -0.4 is 10.9 Å². The predicted molar refractivity (Wildman–Crippen MR) is 77.6 cm³/mol. The number of hydrazine groups is 1. The maximum absolute atomic E-state index is 3.31. The standard InChI is InChI=1S/C15H28N2/c1-6-14(7-2)12-10-11-13(5)16-17-15(8-3)9-4/h6,8,10,12-13,16-17H,7,9,11H2,1-5H3/b12-10-,14-6-,15-8+. The quantitative estimate of drug-likeness (QED) is 0.490. The van der Waals surface area contributed by atoms with Crippen LogP contribution in [0.4, 0.5) is 0 Å². The van der Waals surface area contributed by atoms with Crippen LogP contribution in [0.15, 0.2) is 35.6 Å². The summed E-state index contributed by atoms with van der Waals surface area (Å²) < 4.78 is 0. The summed E-state index contributed by atoms with van der Waals surface area (Å²) in [6.07, 6.45) is 11.9. The van der Waals surface area contributed by atoms with Crippen molar-refractivity contribution in [1.29, 1.82) is 0 Å². The van der Waals surface area contributed by atoms with E-state index in [2.05, 4.69) is 69.8 Å². The highest BCUT2D eigenvalue weighted by molar-refractivity contribution is 5.17. The molecule has 1 unspecified atom stereocenters. The van der Waals surface area contributed by atoms with Crippen molar-refractivity contribution >= 4 is 0 Å². The first-order valence-electron chi connectivity index (χ1n) is 6.66. The Morgan fingerprint density at radius 2 is 1.82 bits per heavy atom. The minimum absolute atomic E-state index is 0.433. The van der Waals surface area contributed by atoms with Crippen molar-refractivity contribution in [3.8, 4) is 0 Å². The fraction of sp³-hybridized carbons (Fsp3) is 0.600. The monoisotopic (exact) mass is 236 g/mol. The van der Waals surface area contributed by atoms with Crippen LogP contribution in [-0.2, 0) is 0 Å². The van der Waals surface area contributed by atoms with Crippen molar-refractivity contribution in [1.82, 2.24) is 10.9 Å². The van der Waals surface area contributed by atoms with E-state index in [0.29, 0.717) is 6.04 Å². The number of hydrogen-bond acceptors (Lipinski definition) is 2. The Hall–Kier alpha value is -1.02. The predicted octanol–water partition coefficient (Wildman–Crippen LogP) is 4.09. The van der Waals surface area contributed by atoms with Crippen LogP contribution >= 0.6 is 0 Å². The molecule has 0 amide bonds. The smallest absolute Gasteiger partial charge is 0.0266 e. The molecule has 1 atom stereocenters. The molecule has 0 aliphatic heterocycles. The molecular formula is C15H28N2. The summed E-state index contributed by atoms with van der Waals surface area (Å²) in [4.78, 5) is 0. The van der Waals surface area contributed by atoms with E-state index in [1.54, 1.807) is 0 Å². The summed E-state index contributed by atoms with van der Waals surface area (Å²) in [5, 5.41) is 0. The van der Waals surface area contributed by atoms with Crippen LogP contribution in [0.25, 0.3) is 0 Å². The van der Waals surface area contributed by atoms with Crippen molar-refractivity contribution in [2.45, 2.75) is 59.9 Å². The summed E-state index contributed by atoms with van der Waals surface area (Å²) in [5.41, 5.74) is 9.19. The molecule has 0 saturated heterocycles. The molecule has 0 saturated carbocycles. The van der Waals surface area contributed by atoms with Crippen molar-refractivity contribution in [3.63, 3.8) is 0 Å². The van der Waals surface area contributed by atoms with Crippen LogP contribution in [0.1, 0.15) is 53.9 Å². The lowest BCUT2D eigenvalue weighted by molar-refractivity contribution is 0.487. The number of allylic oxidation sites excluding steroid dienone is 5. The van der Waals surface area contributed by atoms with Crippen molar-refractivity contribution in [3.05, 3.63) is 35.6 Å². The van der Waals surface area contributed by atoms with E-state index < -0.39 is 0 Å². The molecular weight excluding hydrogens is 208 g/mol. The van der Waals surface area contributed by atoms with Gasteiger partial charge >= 0.3 is 0 Å². The van der Waals surface area contributed by atoms with E-state index in [0.717, 1.165) is 19.3 Å². The average Bonchev–Trinajstić information content (AvgIpc) is 2.36. The molecule has 17 heavy (non-hydrogen) atoms. The van der Waals surface area contributed by atoms with Crippen LogP contribution in [0.5, 0.6) is 0 Å². The van der Waals surface area contributed by atoms with Gasteiger partial charge in [-0.05, 0) is 40.0 Å². The molecule has 0 aromatic carbocycles. The van der Waals surface area contributed by atoms with E-state index in [1.165, 1.54) is 11.3 Å². The molecule has 2 nitrogen and oxygen atoms in total. The molecule has 2 N–H and O–H groups in total. The number of rotatable bonds is 8. The second kappa shape index (κ2) is 10.2. The van der Waals surface area contributed by atoms with Gasteiger partial charge in [-0.25, -0.2) is 5.43 Å². The summed E-state index contributed by atoms with van der Waals surface area (Å²) in [6, 6.07) is 0.433. The maximum Gasteiger partial charge on any atom is 0.0266 e. The fourth-order valence-electron chi connectivity index (χ4n) is 1.48. The van der Waals surface area contributed by atoms with Gasteiger partial charge < -0.3 is 5.43 Å². The molecule has 98 valence electrons. The minimum Gasteiger partial charge on any atom is -0.326 e. The molecule has 0 aromatic heterocycles. The molecule has 0 aromatic rings. The number of nitrogens with one attached hydrogen (secondary N) is 2. The molecule has 0 bridgehead atoms. The molecule has 0 rings (SSSR count). The third-order valence-corrected chi connectivity index (χ3v) is 2.81. The SMILES string of the molecule is C/C=C(\C=C/CC(C)NN/C(=C/C)CC)CC. The Balaban J connectivity index is 3.91. The van der Waals surface area contributed by atoms with Gasteiger partial charge in [0.05, 0.1) is 0 Å². The Bertz CT molecular complexity index is 275. The highest BCUT2D eigenvalue weighted by atomic mass is 15.4. The van der Waals surface area contributed by atoms with Gasteiger partial charge in [0, 0.05) is 11.7 Å². The van der Waals surface area contributed by atoms with Gasteiger partial charge in [0.15, 0.2) is 0 Å². The molecule has 0 heterocycles. The Labute approximate surface area is 107 Å². The Kier molecular flexibility index (Phi) is 9.55. The third kappa shape index (κ3) is 7.81. The zero-order chi connectivity index (χ0) is 13.1. The molecule has 0 spiro atoms. The first-order chi connectivity index (χ1) is 8.17. The van der Waals surface area contributed by atoms with Gasteiger partial charge in [0.1, 0.15) is 0 Å². The summed E-state index contributed by atoms with van der Waals surface area (Å²) in [7, 11) is 0. The summed E-state index contributed by atoms with van der Waals surface area (Å²) >= 11 is 0. The fourth-order valence-corrected chi connectivity index (χ4v) is 1.48. The first kappa shape index (κ1) is 16.0. The number of hydrogen-bond donors (Lipinski definition) is 2. The second-order valence-electron chi connectivity index (χ2n) is 4.19. The van der Waals surface area contributed by atoms with E-state index in [-0.39, 0.29) is 0 Å². The van der Waals surface area contributed by atoms with E-state index in [1.807, 2.05) is 0 Å². The van der Waals surface area contributed by atoms with Gasteiger partial charge in [0.2, 0.25) is 0 Å². The van der Waals surface area contributed by atoms with Gasteiger partial charge in [-0.2, -0.15) is 0 Å². The molecule has 0 radical (unpaired) electrons. The van der Waals surface area contributed by atoms with Gasteiger partial charge in [-0.15, -0.1) is 0 Å². The van der Waals surface area contributed by atoms with Crippen molar-refractivity contribution in [2.75, 3.05) is 0 Å². The van der Waals surface area contributed by atoms with Crippen LogP contribution in [0.3, 0.4) is 0 Å². The molecule has 2 heteroatoms. The third-order valence-electron chi connectivity index (χ3n) is 2.81. The highest BCUT2D eigenvalue weighted by Crippen LogP contribution is 2.03. The van der Waals surface area contributed by atoms with Gasteiger partial charge in [-0.3, -0.25) is 0 Å². The zero-order valence-electron chi connectivity index (χ0n) is 12.0. The second-order valence-corrected chi connectivity index (χ2v) is 4.19. The molecule has 0 fully saturated rings. The van der Waals surface area contributed by atoms with E-state index in [4.69, 9.17) is 0 Å². The Morgan fingerprint density at radius 3 is 2.29 bits per heavy atom.